The number of hydrogen-bond donors (Lipinski definition) is 2. The monoisotopic (exact) mass is 565 g/mol. The Bertz CT molecular complexity index is 1740. The van der Waals surface area contributed by atoms with Crippen LogP contribution in [0.25, 0.3) is 22.8 Å². The summed E-state index contributed by atoms with van der Waals surface area (Å²) in [4.78, 5) is 20.7. The van der Waals surface area contributed by atoms with Crippen LogP contribution in [0.4, 0.5) is 11.4 Å². The standard InChI is InChI=1S/C26H17Cl2N5O4S/c27-18-6-2-8-21(13-18)38(35,36)33-20-7-1-4-16(12-20)26-31-24(32-37-26)22-10-9-19(14-23(22)28)30-25(34)17-5-3-11-29-15-17/h1-15,33H,(H,30,34). The lowest BCUT2D eigenvalue weighted by molar-refractivity contribution is 0.102. The zero-order valence-corrected chi connectivity index (χ0v) is 21.6. The third kappa shape index (κ3) is 5.67. The summed E-state index contributed by atoms with van der Waals surface area (Å²) < 4.78 is 33.4. The van der Waals surface area contributed by atoms with Gasteiger partial charge in [0.1, 0.15) is 0 Å². The number of nitrogens with one attached hydrogen (secondary N) is 2. The van der Waals surface area contributed by atoms with Gasteiger partial charge in [0, 0.05) is 39.9 Å². The van der Waals surface area contributed by atoms with Crippen molar-refractivity contribution in [2.24, 2.45) is 0 Å². The van der Waals surface area contributed by atoms with E-state index in [1.54, 1.807) is 72.9 Å². The molecule has 9 nitrogen and oxygen atoms in total. The van der Waals surface area contributed by atoms with E-state index in [1.807, 2.05) is 0 Å². The first-order valence-corrected chi connectivity index (χ1v) is 13.3. The molecule has 0 spiro atoms. The minimum Gasteiger partial charge on any atom is -0.334 e. The number of carbonyl (C=O) groups is 1. The Balaban J connectivity index is 1.34. The summed E-state index contributed by atoms with van der Waals surface area (Å²) in [5, 5.41) is 7.36. The van der Waals surface area contributed by atoms with Gasteiger partial charge in [-0.25, -0.2) is 8.42 Å². The first-order valence-electron chi connectivity index (χ1n) is 11.0. The summed E-state index contributed by atoms with van der Waals surface area (Å²) in [6.45, 7) is 0. The number of rotatable bonds is 7. The summed E-state index contributed by atoms with van der Waals surface area (Å²) in [6, 6.07) is 20.7. The number of carbonyl (C=O) groups excluding carboxylic acids is 1. The van der Waals surface area contributed by atoms with Crippen molar-refractivity contribution in [1.29, 1.82) is 0 Å². The molecule has 0 atom stereocenters. The van der Waals surface area contributed by atoms with Crippen LogP contribution >= 0.6 is 23.2 Å². The quantitative estimate of drug-likeness (QED) is 0.242. The molecule has 0 aliphatic heterocycles. The highest BCUT2D eigenvalue weighted by molar-refractivity contribution is 7.92. The molecule has 190 valence electrons. The Morgan fingerprint density at radius 1 is 0.895 bits per heavy atom. The smallest absolute Gasteiger partial charge is 0.261 e. The van der Waals surface area contributed by atoms with Gasteiger partial charge in [0.25, 0.3) is 21.8 Å². The molecule has 3 aromatic carbocycles. The number of hydrogen-bond acceptors (Lipinski definition) is 7. The van der Waals surface area contributed by atoms with Crippen LogP contribution in [0, 0.1) is 0 Å². The van der Waals surface area contributed by atoms with E-state index < -0.39 is 10.0 Å². The van der Waals surface area contributed by atoms with Crippen molar-refractivity contribution >= 4 is 50.5 Å². The third-order valence-corrected chi connectivity index (χ3v) is 7.21. The Morgan fingerprint density at radius 2 is 1.74 bits per heavy atom. The maximum Gasteiger partial charge on any atom is 0.261 e. The van der Waals surface area contributed by atoms with Crippen LogP contribution in [0.3, 0.4) is 0 Å². The van der Waals surface area contributed by atoms with Crippen LogP contribution in [0.2, 0.25) is 10.0 Å². The lowest BCUT2D eigenvalue weighted by atomic mass is 10.1. The lowest BCUT2D eigenvalue weighted by Gasteiger charge is -2.09. The Labute approximate surface area is 227 Å². The third-order valence-electron chi connectivity index (χ3n) is 5.29. The topological polar surface area (TPSA) is 127 Å². The number of halogens is 2. The lowest BCUT2D eigenvalue weighted by Crippen LogP contribution is -2.12. The molecular formula is C26H17Cl2N5O4S. The van der Waals surface area contributed by atoms with Gasteiger partial charge in [-0.1, -0.05) is 40.5 Å². The average Bonchev–Trinajstić information content (AvgIpc) is 3.39. The highest BCUT2D eigenvalue weighted by Gasteiger charge is 2.18. The van der Waals surface area contributed by atoms with Gasteiger partial charge in [-0.15, -0.1) is 0 Å². The van der Waals surface area contributed by atoms with Crippen LogP contribution in [0.1, 0.15) is 10.4 Å². The van der Waals surface area contributed by atoms with Crippen molar-refractivity contribution < 1.29 is 17.7 Å². The molecule has 2 N–H and O–H groups in total. The summed E-state index contributed by atoms with van der Waals surface area (Å²) in [5.74, 6) is 0.0588. The number of anilines is 2. The molecule has 0 aliphatic carbocycles. The van der Waals surface area contributed by atoms with Crippen LogP contribution in [0.15, 0.2) is 101 Å². The zero-order chi connectivity index (χ0) is 26.7. The van der Waals surface area contributed by atoms with E-state index in [9.17, 15) is 13.2 Å². The zero-order valence-electron chi connectivity index (χ0n) is 19.3. The summed E-state index contributed by atoms with van der Waals surface area (Å²) in [6.07, 6.45) is 3.04. The molecule has 5 aromatic rings. The van der Waals surface area contributed by atoms with E-state index in [4.69, 9.17) is 27.7 Å². The maximum absolute atomic E-state index is 12.7. The van der Waals surface area contributed by atoms with Crippen LogP contribution in [0.5, 0.6) is 0 Å². The number of amides is 1. The van der Waals surface area contributed by atoms with E-state index >= 15 is 0 Å². The van der Waals surface area contributed by atoms with E-state index in [0.717, 1.165) is 0 Å². The fraction of sp³-hybridized carbons (Fsp3) is 0. The normalized spacial score (nSPS) is 11.2. The highest BCUT2D eigenvalue weighted by atomic mass is 35.5. The molecule has 2 aromatic heterocycles. The Hall–Kier alpha value is -4.25. The summed E-state index contributed by atoms with van der Waals surface area (Å²) in [7, 11) is -3.86. The fourth-order valence-electron chi connectivity index (χ4n) is 3.49. The van der Waals surface area contributed by atoms with Crippen LogP contribution in [-0.4, -0.2) is 29.4 Å². The van der Waals surface area contributed by atoms with Gasteiger partial charge in [0.2, 0.25) is 5.82 Å². The first kappa shape index (κ1) is 25.4. The largest absolute Gasteiger partial charge is 0.334 e. The Kier molecular flexibility index (Phi) is 7.10. The maximum atomic E-state index is 12.7. The molecule has 0 unspecified atom stereocenters. The molecule has 0 radical (unpaired) electrons. The van der Waals surface area contributed by atoms with Crippen molar-refractivity contribution in [3.8, 4) is 22.8 Å². The van der Waals surface area contributed by atoms with E-state index in [2.05, 4.69) is 25.2 Å². The van der Waals surface area contributed by atoms with Gasteiger partial charge in [-0.05, 0) is 66.7 Å². The van der Waals surface area contributed by atoms with Gasteiger partial charge in [-0.3, -0.25) is 14.5 Å². The SMILES string of the molecule is O=C(Nc1ccc(-c2noc(-c3cccc(NS(=O)(=O)c4cccc(Cl)c4)c3)n2)c(Cl)c1)c1cccnc1. The molecule has 5 rings (SSSR count). The average molecular weight is 566 g/mol. The van der Waals surface area contributed by atoms with Crippen molar-refractivity contribution in [2.45, 2.75) is 4.90 Å². The van der Waals surface area contributed by atoms with Gasteiger partial charge in [0.15, 0.2) is 0 Å². The minimum absolute atomic E-state index is 0.0326. The fourth-order valence-corrected chi connectivity index (χ4v) is 5.10. The molecule has 0 fully saturated rings. The second kappa shape index (κ2) is 10.6. The molecule has 2 heterocycles. The number of aromatic nitrogens is 3. The van der Waals surface area contributed by atoms with Gasteiger partial charge >= 0.3 is 0 Å². The molecule has 0 saturated carbocycles. The molecular weight excluding hydrogens is 549 g/mol. The molecule has 0 saturated heterocycles. The minimum atomic E-state index is -3.86. The first-order chi connectivity index (χ1) is 18.3. The van der Waals surface area contributed by atoms with Crippen LogP contribution in [-0.2, 0) is 10.0 Å². The van der Waals surface area contributed by atoms with E-state index in [1.165, 1.54) is 18.3 Å². The van der Waals surface area contributed by atoms with Crippen LogP contribution < -0.4 is 10.0 Å². The van der Waals surface area contributed by atoms with E-state index in [-0.39, 0.29) is 22.5 Å². The molecule has 38 heavy (non-hydrogen) atoms. The Morgan fingerprint density at radius 3 is 2.50 bits per heavy atom. The van der Waals surface area contributed by atoms with Crippen molar-refractivity contribution in [3.63, 3.8) is 0 Å². The number of pyridine rings is 1. The van der Waals surface area contributed by atoms with Crippen molar-refractivity contribution in [2.75, 3.05) is 10.0 Å². The van der Waals surface area contributed by atoms with Gasteiger partial charge in [-0.2, -0.15) is 4.98 Å². The summed E-state index contributed by atoms with van der Waals surface area (Å²) >= 11 is 12.4. The van der Waals surface area contributed by atoms with Gasteiger partial charge in [0.05, 0.1) is 15.5 Å². The van der Waals surface area contributed by atoms with Crippen molar-refractivity contribution in [1.82, 2.24) is 15.1 Å². The predicted molar refractivity (Wildman–Crippen MR) is 145 cm³/mol. The molecule has 1 amide bonds. The number of nitrogens with zero attached hydrogens (tertiary/aromatic N) is 3. The molecule has 12 heteroatoms. The number of benzene rings is 3. The predicted octanol–water partition coefficient (Wildman–Crippen LogP) is 6.16. The highest BCUT2D eigenvalue weighted by Crippen LogP contribution is 2.31. The second-order valence-electron chi connectivity index (χ2n) is 7.96. The van der Waals surface area contributed by atoms with Crippen molar-refractivity contribution in [3.05, 3.63) is 107 Å². The summed E-state index contributed by atoms with van der Waals surface area (Å²) in [5.41, 5.74) is 2.17. The van der Waals surface area contributed by atoms with E-state index in [0.29, 0.717) is 38.1 Å². The second-order valence-corrected chi connectivity index (χ2v) is 10.5. The van der Waals surface area contributed by atoms with Gasteiger partial charge < -0.3 is 9.84 Å². The number of sulfonamides is 1. The molecule has 0 bridgehead atoms. The molecule has 0 aliphatic rings.